The number of unbranched alkanes of at least 4 members (excludes halogenated alkanes) is 39. The minimum atomic E-state index is -0.772. The van der Waals surface area contributed by atoms with Gasteiger partial charge in [-0.3, -0.25) is 14.4 Å². The molecule has 1 unspecified atom stereocenters. The SMILES string of the molecule is CCCCCC/C=C\C/C=C\CCCCCCCC(=O)OC(COC(=O)CCCCCCCCCC)COC(=O)CCCCCCCCCCCCCCCCCCCCCCCCCC. The quantitative estimate of drug-likeness (QED) is 0.0262. The Morgan fingerprint density at radius 2 is 0.545 bits per heavy atom. The van der Waals surface area contributed by atoms with Gasteiger partial charge < -0.3 is 14.2 Å². The minimum absolute atomic E-state index is 0.0721. The van der Waals surface area contributed by atoms with Gasteiger partial charge in [0.05, 0.1) is 0 Å². The molecule has 0 aliphatic rings. The molecular formula is C60H112O6. The molecule has 66 heavy (non-hydrogen) atoms. The van der Waals surface area contributed by atoms with Gasteiger partial charge in [-0.15, -0.1) is 0 Å². The largest absolute Gasteiger partial charge is 0.462 e. The maximum absolute atomic E-state index is 12.8. The van der Waals surface area contributed by atoms with Crippen molar-refractivity contribution in [3.05, 3.63) is 24.3 Å². The van der Waals surface area contributed by atoms with Gasteiger partial charge in [-0.05, 0) is 51.4 Å². The average molecular weight is 930 g/mol. The summed E-state index contributed by atoms with van der Waals surface area (Å²) in [5.74, 6) is -0.872. The van der Waals surface area contributed by atoms with Gasteiger partial charge in [-0.2, -0.15) is 0 Å². The van der Waals surface area contributed by atoms with Gasteiger partial charge in [0, 0.05) is 19.3 Å². The van der Waals surface area contributed by atoms with Crippen molar-refractivity contribution in [3.63, 3.8) is 0 Å². The Morgan fingerprint density at radius 1 is 0.303 bits per heavy atom. The van der Waals surface area contributed by atoms with Gasteiger partial charge in [0.25, 0.3) is 0 Å². The van der Waals surface area contributed by atoms with Crippen molar-refractivity contribution in [1.82, 2.24) is 0 Å². The fourth-order valence-corrected chi connectivity index (χ4v) is 8.77. The van der Waals surface area contributed by atoms with Crippen molar-refractivity contribution in [1.29, 1.82) is 0 Å². The van der Waals surface area contributed by atoms with E-state index in [0.717, 1.165) is 77.0 Å². The Kier molecular flexibility index (Phi) is 53.7. The van der Waals surface area contributed by atoms with Gasteiger partial charge >= 0.3 is 17.9 Å². The second-order valence-corrected chi connectivity index (χ2v) is 19.9. The molecule has 0 rings (SSSR count). The highest BCUT2D eigenvalue weighted by atomic mass is 16.6. The lowest BCUT2D eigenvalue weighted by atomic mass is 10.0. The van der Waals surface area contributed by atoms with Crippen molar-refractivity contribution < 1.29 is 28.6 Å². The molecule has 0 fully saturated rings. The van der Waals surface area contributed by atoms with E-state index in [0.29, 0.717) is 19.3 Å². The smallest absolute Gasteiger partial charge is 0.306 e. The lowest BCUT2D eigenvalue weighted by Gasteiger charge is -2.18. The lowest BCUT2D eigenvalue weighted by Crippen LogP contribution is -2.30. The van der Waals surface area contributed by atoms with Crippen molar-refractivity contribution >= 4 is 17.9 Å². The Hall–Kier alpha value is -2.11. The summed E-state index contributed by atoms with van der Waals surface area (Å²) >= 11 is 0. The van der Waals surface area contributed by atoms with Crippen LogP contribution in [0.25, 0.3) is 0 Å². The summed E-state index contributed by atoms with van der Waals surface area (Å²) in [6.07, 6.45) is 64.8. The van der Waals surface area contributed by atoms with Crippen LogP contribution in [-0.2, 0) is 28.6 Å². The third-order valence-electron chi connectivity index (χ3n) is 13.2. The normalized spacial score (nSPS) is 12.1. The summed E-state index contributed by atoms with van der Waals surface area (Å²) in [5.41, 5.74) is 0. The molecule has 1 atom stereocenters. The van der Waals surface area contributed by atoms with Crippen LogP contribution in [0.3, 0.4) is 0 Å². The summed E-state index contributed by atoms with van der Waals surface area (Å²) in [7, 11) is 0. The minimum Gasteiger partial charge on any atom is -0.462 e. The predicted molar refractivity (Wildman–Crippen MR) is 284 cm³/mol. The molecule has 0 radical (unpaired) electrons. The zero-order valence-electron chi connectivity index (χ0n) is 44.5. The van der Waals surface area contributed by atoms with E-state index in [-0.39, 0.29) is 31.1 Å². The van der Waals surface area contributed by atoms with Crippen molar-refractivity contribution in [2.24, 2.45) is 0 Å². The lowest BCUT2D eigenvalue weighted by molar-refractivity contribution is -0.167. The summed E-state index contributed by atoms with van der Waals surface area (Å²) < 4.78 is 16.8. The van der Waals surface area contributed by atoms with E-state index in [4.69, 9.17) is 14.2 Å². The number of hydrogen-bond donors (Lipinski definition) is 0. The average Bonchev–Trinajstić information content (AvgIpc) is 3.31. The van der Waals surface area contributed by atoms with Gasteiger partial charge in [-0.25, -0.2) is 0 Å². The standard InChI is InChI=1S/C60H112O6/c1-4-7-10-13-16-19-21-23-25-27-28-29-30-31-32-33-34-36-37-39-41-44-47-50-53-59(62)65-56-57(55-64-58(61)52-49-46-43-18-15-12-9-6-3)66-60(63)54-51-48-45-42-40-38-35-26-24-22-20-17-14-11-8-5-2/h20,22,26,35,57H,4-19,21,23-25,27-34,36-56H2,1-3H3/b22-20-,35-26-. The second-order valence-electron chi connectivity index (χ2n) is 19.9. The molecule has 0 N–H and O–H groups in total. The number of ether oxygens (including phenoxy) is 3. The number of rotatable bonds is 54. The van der Waals surface area contributed by atoms with Gasteiger partial charge in [0.2, 0.25) is 0 Å². The van der Waals surface area contributed by atoms with Crippen LogP contribution in [0, 0.1) is 0 Å². The fourth-order valence-electron chi connectivity index (χ4n) is 8.77. The highest BCUT2D eigenvalue weighted by Gasteiger charge is 2.19. The zero-order valence-corrected chi connectivity index (χ0v) is 44.5. The Morgan fingerprint density at radius 3 is 0.848 bits per heavy atom. The molecule has 388 valence electrons. The molecule has 0 aromatic rings. The first-order valence-corrected chi connectivity index (χ1v) is 29.3. The summed E-state index contributed by atoms with van der Waals surface area (Å²) in [6, 6.07) is 0. The fraction of sp³-hybridized carbons (Fsp3) is 0.883. The van der Waals surface area contributed by atoms with E-state index in [1.165, 1.54) is 205 Å². The Labute approximate surface area is 411 Å². The Balaban J connectivity index is 4.14. The first-order valence-electron chi connectivity index (χ1n) is 29.3. The first kappa shape index (κ1) is 63.9. The van der Waals surface area contributed by atoms with E-state index >= 15 is 0 Å². The van der Waals surface area contributed by atoms with Gasteiger partial charge in [0.15, 0.2) is 6.10 Å². The third kappa shape index (κ3) is 52.9. The molecule has 0 bridgehead atoms. The van der Waals surface area contributed by atoms with Crippen molar-refractivity contribution in [2.45, 2.75) is 329 Å². The van der Waals surface area contributed by atoms with Crippen LogP contribution in [0.4, 0.5) is 0 Å². The molecular weight excluding hydrogens is 817 g/mol. The third-order valence-corrected chi connectivity index (χ3v) is 13.2. The Bertz CT molecular complexity index is 1070. The van der Waals surface area contributed by atoms with Crippen molar-refractivity contribution in [2.75, 3.05) is 13.2 Å². The molecule has 6 heteroatoms. The first-order chi connectivity index (χ1) is 32.5. The highest BCUT2D eigenvalue weighted by Crippen LogP contribution is 2.17. The van der Waals surface area contributed by atoms with E-state index in [1.807, 2.05) is 0 Å². The number of carbonyl (C=O) groups excluding carboxylic acids is 3. The summed E-state index contributed by atoms with van der Waals surface area (Å²) in [4.78, 5) is 38.0. The van der Waals surface area contributed by atoms with Crippen LogP contribution in [-0.4, -0.2) is 37.2 Å². The number of carbonyl (C=O) groups is 3. The molecule has 0 saturated carbocycles. The number of esters is 3. The van der Waals surface area contributed by atoms with E-state index in [1.54, 1.807) is 0 Å². The molecule has 0 aromatic carbocycles. The highest BCUT2D eigenvalue weighted by molar-refractivity contribution is 5.71. The molecule has 0 heterocycles. The molecule has 0 aliphatic carbocycles. The molecule has 0 aromatic heterocycles. The topological polar surface area (TPSA) is 78.9 Å². The van der Waals surface area contributed by atoms with E-state index in [9.17, 15) is 14.4 Å². The van der Waals surface area contributed by atoms with E-state index in [2.05, 4.69) is 45.1 Å². The van der Waals surface area contributed by atoms with Crippen LogP contribution < -0.4 is 0 Å². The zero-order chi connectivity index (χ0) is 47.9. The van der Waals surface area contributed by atoms with Crippen LogP contribution >= 0.6 is 0 Å². The second kappa shape index (κ2) is 55.5. The van der Waals surface area contributed by atoms with Crippen molar-refractivity contribution in [3.8, 4) is 0 Å². The van der Waals surface area contributed by atoms with Crippen LogP contribution in [0.15, 0.2) is 24.3 Å². The van der Waals surface area contributed by atoms with Crippen LogP contribution in [0.5, 0.6) is 0 Å². The monoisotopic (exact) mass is 929 g/mol. The molecule has 0 spiro atoms. The van der Waals surface area contributed by atoms with Crippen LogP contribution in [0.2, 0.25) is 0 Å². The summed E-state index contributed by atoms with van der Waals surface area (Å²) in [6.45, 7) is 6.63. The summed E-state index contributed by atoms with van der Waals surface area (Å²) in [5, 5.41) is 0. The van der Waals surface area contributed by atoms with E-state index < -0.39 is 6.10 Å². The molecule has 0 saturated heterocycles. The number of allylic oxidation sites excluding steroid dienone is 4. The molecule has 0 amide bonds. The molecule has 6 nitrogen and oxygen atoms in total. The maximum atomic E-state index is 12.8. The predicted octanol–water partition coefficient (Wildman–Crippen LogP) is 19.5. The van der Waals surface area contributed by atoms with Crippen LogP contribution in [0.1, 0.15) is 323 Å². The number of hydrogen-bond acceptors (Lipinski definition) is 6. The molecule has 0 aliphatic heterocycles. The van der Waals surface area contributed by atoms with Gasteiger partial charge in [0.1, 0.15) is 13.2 Å². The van der Waals surface area contributed by atoms with Gasteiger partial charge in [-0.1, -0.05) is 276 Å². The maximum Gasteiger partial charge on any atom is 0.306 e.